The number of anilines is 1. The first-order valence-corrected chi connectivity index (χ1v) is 9.81. The molecule has 0 spiro atoms. The zero-order valence-corrected chi connectivity index (χ0v) is 15.9. The third kappa shape index (κ3) is 2.81. The van der Waals surface area contributed by atoms with Crippen LogP contribution in [-0.4, -0.2) is 29.6 Å². The van der Waals surface area contributed by atoms with E-state index in [1.54, 1.807) is 22.9 Å². The van der Waals surface area contributed by atoms with E-state index in [1.807, 2.05) is 43.3 Å². The molecule has 2 aromatic carbocycles. The van der Waals surface area contributed by atoms with Gasteiger partial charge >= 0.3 is 0 Å². The third-order valence-electron chi connectivity index (χ3n) is 4.15. The lowest BCUT2D eigenvalue weighted by molar-refractivity contribution is -0.122. The molecule has 1 amide bonds. The number of rotatable bonds is 2. The second kappa shape index (κ2) is 6.81. The minimum Gasteiger partial charge on any atom is -0.335 e. The molecule has 0 aliphatic carbocycles. The molecule has 2 aliphatic heterocycles. The maximum absolute atomic E-state index is 14.2. The van der Waals surface area contributed by atoms with Crippen molar-refractivity contribution in [2.45, 2.75) is 11.8 Å². The van der Waals surface area contributed by atoms with Gasteiger partial charge in [0, 0.05) is 18.5 Å². The fourth-order valence-electron chi connectivity index (χ4n) is 2.89. The fraction of sp³-hybridized carbons (Fsp3) is 0.158. The molecule has 0 N–H and O–H groups in total. The summed E-state index contributed by atoms with van der Waals surface area (Å²) >= 11 is 2.77. The van der Waals surface area contributed by atoms with Gasteiger partial charge in [0.25, 0.3) is 5.91 Å². The summed E-state index contributed by atoms with van der Waals surface area (Å²) in [4.78, 5) is 22.4. The maximum atomic E-state index is 14.2. The molecule has 2 heterocycles. The van der Waals surface area contributed by atoms with Crippen molar-refractivity contribution >= 4 is 46.0 Å². The summed E-state index contributed by atoms with van der Waals surface area (Å²) in [6.07, 6.45) is 0. The van der Waals surface area contributed by atoms with E-state index in [-0.39, 0.29) is 11.7 Å². The summed E-state index contributed by atoms with van der Waals surface area (Å²) in [6, 6.07) is 14.6. The molecule has 0 aromatic heterocycles. The molecule has 2 aliphatic rings. The van der Waals surface area contributed by atoms with Crippen LogP contribution in [0.5, 0.6) is 0 Å². The van der Waals surface area contributed by atoms with Crippen LogP contribution in [0.25, 0.3) is 0 Å². The van der Waals surface area contributed by atoms with Crippen molar-refractivity contribution in [3.8, 4) is 0 Å². The molecular weight excluding hydrogens is 369 g/mol. The number of amidine groups is 1. The van der Waals surface area contributed by atoms with Crippen LogP contribution in [0.1, 0.15) is 6.92 Å². The van der Waals surface area contributed by atoms with Crippen LogP contribution in [0.4, 0.5) is 15.8 Å². The standard InChI is InChI=1S/C19H16FN3OS2/c1-3-23-17(24)16(26-19(23)21-12-8-5-4-6-9-12)18-22(2)15-13(20)10-7-11-14(15)25-18/h4-11H,3H2,1-2H3. The first-order chi connectivity index (χ1) is 12.6. The smallest absolute Gasteiger partial charge is 0.269 e. The van der Waals surface area contributed by atoms with Crippen molar-refractivity contribution in [3.63, 3.8) is 0 Å². The van der Waals surface area contributed by atoms with Crippen LogP contribution < -0.4 is 4.90 Å². The SMILES string of the molecule is CCN1C(=O)C(=C2Sc3cccc(F)c3N2C)SC1=Nc1ccccc1. The number of hydrogen-bond acceptors (Lipinski definition) is 5. The van der Waals surface area contributed by atoms with Crippen molar-refractivity contribution in [3.05, 3.63) is 64.3 Å². The van der Waals surface area contributed by atoms with Crippen LogP contribution in [0, 0.1) is 5.82 Å². The van der Waals surface area contributed by atoms with Crippen LogP contribution in [0.3, 0.4) is 0 Å². The van der Waals surface area contributed by atoms with Crippen molar-refractivity contribution in [1.82, 2.24) is 4.90 Å². The number of benzene rings is 2. The molecule has 0 unspecified atom stereocenters. The topological polar surface area (TPSA) is 35.9 Å². The highest BCUT2D eigenvalue weighted by molar-refractivity contribution is 8.19. The summed E-state index contributed by atoms with van der Waals surface area (Å²) in [6.45, 7) is 2.45. The molecule has 26 heavy (non-hydrogen) atoms. The summed E-state index contributed by atoms with van der Waals surface area (Å²) in [5.74, 6) is -0.371. The van der Waals surface area contributed by atoms with Crippen LogP contribution in [-0.2, 0) is 4.79 Å². The Balaban J connectivity index is 1.75. The van der Waals surface area contributed by atoms with Crippen molar-refractivity contribution in [2.75, 3.05) is 18.5 Å². The summed E-state index contributed by atoms with van der Waals surface area (Å²) in [5.41, 5.74) is 1.32. The van der Waals surface area contributed by atoms with E-state index in [0.29, 0.717) is 22.3 Å². The van der Waals surface area contributed by atoms with Gasteiger partial charge in [-0.1, -0.05) is 36.0 Å². The summed E-state index contributed by atoms with van der Waals surface area (Å²) in [5, 5.41) is 1.40. The lowest BCUT2D eigenvalue weighted by Crippen LogP contribution is -2.29. The Morgan fingerprint density at radius 1 is 1.08 bits per heavy atom. The predicted molar refractivity (Wildman–Crippen MR) is 106 cm³/mol. The predicted octanol–water partition coefficient (Wildman–Crippen LogP) is 4.82. The minimum atomic E-state index is -0.283. The molecule has 0 radical (unpaired) electrons. The summed E-state index contributed by atoms with van der Waals surface area (Å²) in [7, 11) is 1.79. The number of fused-ring (bicyclic) bond motifs is 1. The molecule has 132 valence electrons. The number of carbonyl (C=O) groups excluding carboxylic acids is 1. The number of thioether (sulfide) groups is 2. The number of halogens is 1. The monoisotopic (exact) mass is 385 g/mol. The van der Waals surface area contributed by atoms with Crippen molar-refractivity contribution in [1.29, 1.82) is 0 Å². The zero-order chi connectivity index (χ0) is 18.3. The van der Waals surface area contributed by atoms with E-state index in [4.69, 9.17) is 0 Å². The van der Waals surface area contributed by atoms with Crippen molar-refractivity contribution < 1.29 is 9.18 Å². The van der Waals surface area contributed by atoms with Crippen LogP contribution in [0.2, 0.25) is 0 Å². The van der Waals surface area contributed by atoms with Gasteiger partial charge in [0.15, 0.2) is 5.17 Å². The van der Waals surface area contributed by atoms with E-state index in [9.17, 15) is 9.18 Å². The third-order valence-corrected chi connectivity index (χ3v) is 6.57. The van der Waals surface area contributed by atoms with Gasteiger partial charge in [0.1, 0.15) is 10.7 Å². The molecule has 0 atom stereocenters. The highest BCUT2D eigenvalue weighted by atomic mass is 32.2. The van der Waals surface area contributed by atoms with Gasteiger partial charge in [-0.2, -0.15) is 0 Å². The quantitative estimate of drug-likeness (QED) is 0.695. The van der Waals surface area contributed by atoms with Gasteiger partial charge in [-0.15, -0.1) is 0 Å². The van der Waals surface area contributed by atoms with Gasteiger partial charge in [0.05, 0.1) is 16.4 Å². The molecule has 2 aromatic rings. The zero-order valence-electron chi connectivity index (χ0n) is 14.3. The number of likely N-dealkylation sites (N-methyl/N-ethyl adjacent to an activating group) is 1. The Hall–Kier alpha value is -2.25. The number of nitrogens with zero attached hydrogens (tertiary/aromatic N) is 3. The number of hydrogen-bond donors (Lipinski definition) is 0. The van der Waals surface area contributed by atoms with Gasteiger partial charge < -0.3 is 4.90 Å². The Labute approximate surface area is 159 Å². The Kier molecular flexibility index (Phi) is 4.50. The second-order valence-electron chi connectivity index (χ2n) is 5.76. The molecule has 1 fully saturated rings. The lowest BCUT2D eigenvalue weighted by atomic mass is 10.3. The average molecular weight is 385 g/mol. The second-order valence-corrected chi connectivity index (χ2v) is 7.77. The first kappa shape index (κ1) is 17.2. The minimum absolute atomic E-state index is 0.0882. The molecule has 7 heteroatoms. The average Bonchev–Trinajstić information content (AvgIpc) is 3.13. The van der Waals surface area contributed by atoms with Gasteiger partial charge in [-0.3, -0.25) is 9.69 Å². The van der Waals surface area contributed by atoms with Gasteiger partial charge in [-0.25, -0.2) is 9.38 Å². The Morgan fingerprint density at radius 3 is 2.54 bits per heavy atom. The van der Waals surface area contributed by atoms with E-state index in [2.05, 4.69) is 4.99 Å². The van der Waals surface area contributed by atoms with Crippen molar-refractivity contribution in [2.24, 2.45) is 4.99 Å². The number of para-hydroxylation sites is 2. The van der Waals surface area contributed by atoms with Crippen LogP contribution in [0.15, 0.2) is 68.4 Å². The highest BCUT2D eigenvalue weighted by Crippen LogP contribution is 2.50. The molecule has 0 bridgehead atoms. The molecular formula is C19H16FN3OS2. The molecule has 4 nitrogen and oxygen atoms in total. The number of aliphatic imine (C=N–C) groups is 1. The molecule has 1 saturated heterocycles. The maximum Gasteiger partial charge on any atom is 0.269 e. The van der Waals surface area contributed by atoms with Gasteiger partial charge in [0.2, 0.25) is 0 Å². The van der Waals surface area contributed by atoms with E-state index in [0.717, 1.165) is 15.6 Å². The molecule has 0 saturated carbocycles. The first-order valence-electron chi connectivity index (χ1n) is 8.18. The van der Waals surface area contributed by atoms with E-state index >= 15 is 0 Å². The van der Waals surface area contributed by atoms with E-state index < -0.39 is 0 Å². The van der Waals surface area contributed by atoms with E-state index in [1.165, 1.54) is 29.6 Å². The largest absolute Gasteiger partial charge is 0.335 e. The number of carbonyl (C=O) groups is 1. The normalized spacial score (nSPS) is 21.0. The summed E-state index contributed by atoms with van der Waals surface area (Å²) < 4.78 is 14.2. The Bertz CT molecular complexity index is 943. The lowest BCUT2D eigenvalue weighted by Gasteiger charge is -2.15. The molecule has 4 rings (SSSR count). The van der Waals surface area contributed by atoms with Crippen LogP contribution >= 0.6 is 23.5 Å². The van der Waals surface area contributed by atoms with Gasteiger partial charge in [-0.05, 0) is 43.0 Å². The highest BCUT2D eigenvalue weighted by Gasteiger charge is 2.39. The number of amides is 1. The fourth-order valence-corrected chi connectivity index (χ4v) is 5.31. The Morgan fingerprint density at radius 2 is 1.85 bits per heavy atom.